The number of halogens is 1. The third kappa shape index (κ3) is 3.02. The summed E-state index contributed by atoms with van der Waals surface area (Å²) in [5.41, 5.74) is -0.306. The standard InChI is InChI=1S/C24H33FO4/c1-22(2,3)21(28)29-14-6-8-23(4)13(10-14)11-18(26)19-15(23)7-9-24(5)16(19)12-17(25)20(24)27/h11,14-17,19H,6-10,12H2,1-5H3/t14-,15?,16?,17-,19?,23-,24-/m0/s1. The van der Waals surface area contributed by atoms with Crippen LogP contribution in [0.3, 0.4) is 0 Å². The molecule has 4 rings (SSSR count). The largest absolute Gasteiger partial charge is 0.462 e. The third-order valence-electron chi connectivity index (χ3n) is 8.48. The molecule has 0 saturated heterocycles. The summed E-state index contributed by atoms with van der Waals surface area (Å²) < 4.78 is 20.1. The van der Waals surface area contributed by atoms with Gasteiger partial charge in [0.1, 0.15) is 6.10 Å². The molecule has 4 aliphatic rings. The number of ketones is 2. The lowest BCUT2D eigenvalue weighted by Crippen LogP contribution is -2.53. The molecule has 0 aromatic heterocycles. The van der Waals surface area contributed by atoms with Gasteiger partial charge in [-0.1, -0.05) is 19.4 Å². The Kier molecular flexibility index (Phi) is 4.64. The SMILES string of the molecule is CC(C)(C)C(=O)O[C@H]1CC[C@@]2(C)C(=CC(=O)C3C2CC[C@]2(C)C(=O)[C@@H](F)CC32)C1. The van der Waals surface area contributed by atoms with E-state index in [4.69, 9.17) is 4.74 Å². The topological polar surface area (TPSA) is 60.4 Å². The molecule has 0 aliphatic heterocycles. The maximum absolute atomic E-state index is 14.3. The van der Waals surface area contributed by atoms with Crippen LogP contribution in [0.2, 0.25) is 0 Å². The van der Waals surface area contributed by atoms with Gasteiger partial charge in [0, 0.05) is 17.8 Å². The van der Waals surface area contributed by atoms with Gasteiger partial charge in [-0.25, -0.2) is 4.39 Å². The molecule has 4 aliphatic carbocycles. The van der Waals surface area contributed by atoms with E-state index >= 15 is 0 Å². The summed E-state index contributed by atoms with van der Waals surface area (Å²) in [5, 5.41) is 0. The first-order chi connectivity index (χ1) is 13.4. The van der Waals surface area contributed by atoms with E-state index < -0.39 is 17.0 Å². The van der Waals surface area contributed by atoms with Gasteiger partial charge in [0.05, 0.1) is 5.41 Å². The minimum Gasteiger partial charge on any atom is -0.462 e. The number of carbonyl (C=O) groups is 3. The molecule has 0 N–H and O–H groups in total. The van der Waals surface area contributed by atoms with E-state index in [1.165, 1.54) is 0 Å². The molecule has 3 unspecified atom stereocenters. The number of hydrogen-bond acceptors (Lipinski definition) is 4. The van der Waals surface area contributed by atoms with Crippen molar-refractivity contribution in [2.24, 2.45) is 34.0 Å². The van der Waals surface area contributed by atoms with Gasteiger partial charge in [-0.05, 0) is 76.2 Å². The van der Waals surface area contributed by atoms with Crippen LogP contribution >= 0.6 is 0 Å². The molecular formula is C24H33FO4. The number of alkyl halides is 1. The van der Waals surface area contributed by atoms with Gasteiger partial charge in [-0.15, -0.1) is 0 Å². The highest BCUT2D eigenvalue weighted by Gasteiger charge is 2.63. The predicted octanol–water partition coefficient (Wildman–Crippen LogP) is 4.60. The minimum atomic E-state index is -1.43. The van der Waals surface area contributed by atoms with Crippen molar-refractivity contribution < 1.29 is 23.5 Å². The van der Waals surface area contributed by atoms with Crippen molar-refractivity contribution in [3.8, 4) is 0 Å². The zero-order valence-electron chi connectivity index (χ0n) is 18.2. The summed E-state index contributed by atoms with van der Waals surface area (Å²) in [4.78, 5) is 38.0. The van der Waals surface area contributed by atoms with Crippen molar-refractivity contribution in [3.05, 3.63) is 11.6 Å². The number of esters is 1. The smallest absolute Gasteiger partial charge is 0.311 e. The summed E-state index contributed by atoms with van der Waals surface area (Å²) in [6.45, 7) is 9.62. The van der Waals surface area contributed by atoms with Crippen molar-refractivity contribution in [2.75, 3.05) is 0 Å². The van der Waals surface area contributed by atoms with Gasteiger partial charge >= 0.3 is 5.97 Å². The summed E-state index contributed by atoms with van der Waals surface area (Å²) in [6.07, 6.45) is 3.99. The van der Waals surface area contributed by atoms with Crippen LogP contribution in [0.25, 0.3) is 0 Å². The first-order valence-corrected chi connectivity index (χ1v) is 11.0. The lowest BCUT2D eigenvalue weighted by Gasteiger charge is -2.55. The fraction of sp³-hybridized carbons (Fsp3) is 0.792. The van der Waals surface area contributed by atoms with Crippen molar-refractivity contribution in [1.29, 1.82) is 0 Å². The number of Topliss-reactive ketones (excluding diaryl/α,β-unsaturated/α-hetero) is 1. The van der Waals surface area contributed by atoms with Crippen LogP contribution in [-0.4, -0.2) is 29.8 Å². The first-order valence-electron chi connectivity index (χ1n) is 11.0. The zero-order chi connectivity index (χ0) is 21.4. The van der Waals surface area contributed by atoms with Crippen LogP contribution < -0.4 is 0 Å². The molecule has 0 amide bonds. The lowest BCUT2D eigenvalue weighted by molar-refractivity contribution is -0.161. The van der Waals surface area contributed by atoms with Gasteiger partial charge in [0.15, 0.2) is 17.7 Å². The summed E-state index contributed by atoms with van der Waals surface area (Å²) in [7, 11) is 0. The average Bonchev–Trinajstić information content (AvgIpc) is 2.86. The molecule has 7 atom stereocenters. The van der Waals surface area contributed by atoms with Crippen LogP contribution in [0.4, 0.5) is 4.39 Å². The fourth-order valence-corrected chi connectivity index (χ4v) is 6.55. The molecule has 0 spiro atoms. The average molecular weight is 405 g/mol. The van der Waals surface area contributed by atoms with Gasteiger partial charge in [0.25, 0.3) is 0 Å². The van der Waals surface area contributed by atoms with Crippen molar-refractivity contribution in [3.63, 3.8) is 0 Å². The highest BCUT2D eigenvalue weighted by molar-refractivity contribution is 5.97. The third-order valence-corrected chi connectivity index (χ3v) is 8.48. The number of fused-ring (bicyclic) bond motifs is 5. The molecule has 29 heavy (non-hydrogen) atoms. The van der Waals surface area contributed by atoms with E-state index in [2.05, 4.69) is 6.92 Å². The Bertz CT molecular complexity index is 793. The molecule has 160 valence electrons. The van der Waals surface area contributed by atoms with Crippen LogP contribution in [0, 0.1) is 34.0 Å². The maximum Gasteiger partial charge on any atom is 0.311 e. The van der Waals surface area contributed by atoms with E-state index in [0.717, 1.165) is 24.8 Å². The van der Waals surface area contributed by atoms with E-state index in [-0.39, 0.29) is 53.2 Å². The molecule has 0 radical (unpaired) electrons. The van der Waals surface area contributed by atoms with Crippen molar-refractivity contribution in [1.82, 2.24) is 0 Å². The van der Waals surface area contributed by atoms with Crippen molar-refractivity contribution in [2.45, 2.75) is 85.4 Å². The summed E-state index contributed by atoms with van der Waals surface area (Å²) in [6, 6.07) is 0. The molecular weight excluding hydrogens is 371 g/mol. The second kappa shape index (κ2) is 6.49. The second-order valence-electron chi connectivity index (χ2n) is 11.3. The van der Waals surface area contributed by atoms with Crippen molar-refractivity contribution >= 4 is 17.5 Å². The second-order valence-corrected chi connectivity index (χ2v) is 11.3. The number of ether oxygens (including phenoxy) is 1. The van der Waals surface area contributed by atoms with E-state index in [1.807, 2.05) is 27.7 Å². The quantitative estimate of drug-likeness (QED) is 0.599. The molecule has 0 aromatic rings. The molecule has 4 nitrogen and oxygen atoms in total. The highest BCUT2D eigenvalue weighted by Crippen LogP contribution is 2.63. The minimum absolute atomic E-state index is 0.0445. The van der Waals surface area contributed by atoms with Gasteiger partial charge in [-0.3, -0.25) is 14.4 Å². The highest BCUT2D eigenvalue weighted by atomic mass is 19.1. The molecule has 3 fully saturated rings. The van der Waals surface area contributed by atoms with E-state index in [9.17, 15) is 18.8 Å². The lowest BCUT2D eigenvalue weighted by atomic mass is 9.48. The molecule has 0 aromatic carbocycles. The first kappa shape index (κ1) is 20.7. The van der Waals surface area contributed by atoms with Crippen LogP contribution in [0.1, 0.15) is 73.1 Å². The van der Waals surface area contributed by atoms with Crippen LogP contribution in [-0.2, 0) is 19.1 Å². The Hall–Kier alpha value is -1.52. The summed E-state index contributed by atoms with van der Waals surface area (Å²) in [5.74, 6) is -0.776. The number of allylic oxidation sites excluding steroid dienone is 1. The van der Waals surface area contributed by atoms with Gasteiger partial charge in [-0.2, -0.15) is 0 Å². The molecule has 0 heterocycles. The Morgan fingerprint density at radius 3 is 2.41 bits per heavy atom. The molecule has 0 bridgehead atoms. The Morgan fingerprint density at radius 2 is 1.76 bits per heavy atom. The summed E-state index contributed by atoms with van der Waals surface area (Å²) >= 11 is 0. The number of carbonyl (C=O) groups excluding carboxylic acids is 3. The Balaban J connectivity index is 1.60. The van der Waals surface area contributed by atoms with E-state index in [0.29, 0.717) is 12.8 Å². The van der Waals surface area contributed by atoms with Gasteiger partial charge in [0.2, 0.25) is 0 Å². The normalized spacial score (nSPS) is 44.5. The molecule has 3 saturated carbocycles. The van der Waals surface area contributed by atoms with E-state index in [1.54, 1.807) is 6.08 Å². The van der Waals surface area contributed by atoms with Crippen LogP contribution in [0.5, 0.6) is 0 Å². The monoisotopic (exact) mass is 404 g/mol. The Labute approximate surface area is 172 Å². The fourth-order valence-electron chi connectivity index (χ4n) is 6.55. The number of rotatable bonds is 1. The number of hydrogen-bond donors (Lipinski definition) is 0. The maximum atomic E-state index is 14.3. The van der Waals surface area contributed by atoms with Gasteiger partial charge < -0.3 is 4.74 Å². The zero-order valence-corrected chi connectivity index (χ0v) is 18.2. The van der Waals surface area contributed by atoms with Crippen LogP contribution in [0.15, 0.2) is 11.6 Å². The predicted molar refractivity (Wildman–Crippen MR) is 107 cm³/mol. The Morgan fingerprint density at radius 1 is 1.10 bits per heavy atom. The molecule has 5 heteroatoms.